The lowest BCUT2D eigenvalue weighted by atomic mass is 9.82. The van der Waals surface area contributed by atoms with Crippen LogP contribution in [0.15, 0.2) is 18.5 Å². The van der Waals surface area contributed by atoms with E-state index < -0.39 is 0 Å². The van der Waals surface area contributed by atoms with Gasteiger partial charge in [-0.1, -0.05) is 0 Å². The average Bonchev–Trinajstić information content (AvgIpc) is 2.62. The molecule has 6 nitrogen and oxygen atoms in total. The first-order valence-electron chi connectivity index (χ1n) is 9.67. The zero-order chi connectivity index (χ0) is 18.1. The van der Waals surface area contributed by atoms with E-state index in [1.54, 1.807) is 12.4 Å². The van der Waals surface area contributed by atoms with Crippen LogP contribution in [0.25, 0.3) is 0 Å². The normalized spacial score (nSPS) is 25.3. The Balaban J connectivity index is 1.27. The Morgan fingerprint density at radius 1 is 1.35 bits per heavy atom. The predicted molar refractivity (Wildman–Crippen MR) is 96.7 cm³/mol. The van der Waals surface area contributed by atoms with Crippen LogP contribution >= 0.6 is 0 Å². The molecule has 140 valence electrons. The number of amides is 2. The minimum absolute atomic E-state index is 0.0384. The Kier molecular flexibility index (Phi) is 4.69. The lowest BCUT2D eigenvalue weighted by Gasteiger charge is -2.53. The molecular weight excluding hydrogens is 330 g/mol. The molecule has 4 heterocycles. The van der Waals surface area contributed by atoms with Gasteiger partial charge in [0.15, 0.2) is 0 Å². The summed E-state index contributed by atoms with van der Waals surface area (Å²) in [5, 5.41) is 0. The lowest BCUT2D eigenvalue weighted by molar-refractivity contribution is -0.170. The van der Waals surface area contributed by atoms with E-state index in [0.717, 1.165) is 44.3 Å². The van der Waals surface area contributed by atoms with Crippen LogP contribution in [0, 0.1) is 12.8 Å². The summed E-state index contributed by atoms with van der Waals surface area (Å²) in [4.78, 5) is 32.5. The van der Waals surface area contributed by atoms with E-state index in [-0.39, 0.29) is 11.5 Å². The van der Waals surface area contributed by atoms with Crippen LogP contribution in [0.3, 0.4) is 0 Å². The van der Waals surface area contributed by atoms with Crippen molar-refractivity contribution in [2.24, 2.45) is 5.92 Å². The van der Waals surface area contributed by atoms with Crippen LogP contribution in [-0.4, -0.2) is 65.0 Å². The first-order valence-corrected chi connectivity index (χ1v) is 9.67. The van der Waals surface area contributed by atoms with E-state index in [0.29, 0.717) is 43.5 Å². The second-order valence-corrected chi connectivity index (χ2v) is 8.11. The second kappa shape index (κ2) is 6.99. The molecule has 0 aromatic carbocycles. The molecule has 0 bridgehead atoms. The van der Waals surface area contributed by atoms with Gasteiger partial charge in [0.2, 0.25) is 5.91 Å². The lowest BCUT2D eigenvalue weighted by Crippen LogP contribution is -2.66. The summed E-state index contributed by atoms with van der Waals surface area (Å²) in [6.45, 7) is 5.68. The van der Waals surface area contributed by atoms with E-state index in [4.69, 9.17) is 4.74 Å². The van der Waals surface area contributed by atoms with Crippen molar-refractivity contribution in [3.8, 4) is 0 Å². The minimum Gasteiger partial charge on any atom is -0.371 e. The third-order valence-electron chi connectivity index (χ3n) is 5.90. The molecule has 3 saturated heterocycles. The highest BCUT2D eigenvalue weighted by Gasteiger charge is 2.48. The fourth-order valence-corrected chi connectivity index (χ4v) is 4.32. The van der Waals surface area contributed by atoms with Crippen molar-refractivity contribution in [2.45, 2.75) is 44.6 Å². The topological polar surface area (TPSA) is 62.7 Å². The Hall–Kier alpha value is -1.95. The number of nitrogens with zero attached hydrogens (tertiary/aromatic N) is 3. The summed E-state index contributed by atoms with van der Waals surface area (Å²) in [5.74, 6) is 0.758. The molecular formula is C20H27N3O3. The van der Waals surface area contributed by atoms with Crippen molar-refractivity contribution in [3.63, 3.8) is 0 Å². The van der Waals surface area contributed by atoms with Gasteiger partial charge in [-0.25, -0.2) is 0 Å². The fourth-order valence-electron chi connectivity index (χ4n) is 4.32. The summed E-state index contributed by atoms with van der Waals surface area (Å²) in [6.07, 6.45) is 8.27. The van der Waals surface area contributed by atoms with Gasteiger partial charge in [-0.15, -0.1) is 0 Å². The number of likely N-dealkylation sites (tertiary alicyclic amines) is 2. The molecule has 6 heteroatoms. The van der Waals surface area contributed by atoms with E-state index >= 15 is 0 Å². The van der Waals surface area contributed by atoms with Crippen LogP contribution in [0.1, 0.15) is 48.0 Å². The largest absolute Gasteiger partial charge is 0.371 e. The van der Waals surface area contributed by atoms with Gasteiger partial charge in [0.1, 0.15) is 5.60 Å². The number of carbonyl (C=O) groups excluding carboxylic acids is 2. The van der Waals surface area contributed by atoms with Crippen molar-refractivity contribution in [2.75, 3.05) is 32.8 Å². The molecule has 26 heavy (non-hydrogen) atoms. The third kappa shape index (κ3) is 3.47. The Bertz CT molecular complexity index is 689. The van der Waals surface area contributed by atoms with Gasteiger partial charge < -0.3 is 14.5 Å². The van der Waals surface area contributed by atoms with E-state index in [1.807, 2.05) is 22.8 Å². The minimum atomic E-state index is -0.171. The van der Waals surface area contributed by atoms with Gasteiger partial charge in [0, 0.05) is 37.8 Å². The number of carbonyl (C=O) groups is 2. The Morgan fingerprint density at radius 2 is 2.19 bits per heavy atom. The molecule has 4 rings (SSSR count). The molecule has 1 atom stereocenters. The van der Waals surface area contributed by atoms with E-state index in [2.05, 4.69) is 4.98 Å². The Morgan fingerprint density at radius 3 is 2.88 bits per heavy atom. The van der Waals surface area contributed by atoms with Crippen LogP contribution in [-0.2, 0) is 9.53 Å². The maximum Gasteiger partial charge on any atom is 0.255 e. The van der Waals surface area contributed by atoms with Crippen molar-refractivity contribution >= 4 is 11.8 Å². The molecule has 0 unspecified atom stereocenters. The highest BCUT2D eigenvalue weighted by molar-refractivity contribution is 5.94. The molecule has 1 aromatic heterocycles. The molecule has 3 fully saturated rings. The number of aryl methyl sites for hydroxylation is 1. The molecule has 0 aliphatic carbocycles. The number of pyridine rings is 1. The summed E-state index contributed by atoms with van der Waals surface area (Å²) in [6, 6.07) is 1.88. The first-order chi connectivity index (χ1) is 12.5. The highest BCUT2D eigenvalue weighted by atomic mass is 16.5. The number of ether oxygens (including phenoxy) is 1. The van der Waals surface area contributed by atoms with E-state index in [9.17, 15) is 9.59 Å². The summed E-state index contributed by atoms with van der Waals surface area (Å²) < 4.78 is 6.18. The average molecular weight is 357 g/mol. The van der Waals surface area contributed by atoms with Gasteiger partial charge in [-0.2, -0.15) is 0 Å². The van der Waals surface area contributed by atoms with E-state index in [1.165, 1.54) is 0 Å². The maximum absolute atomic E-state index is 12.6. The zero-order valence-electron chi connectivity index (χ0n) is 15.4. The molecule has 3 aliphatic rings. The smallest absolute Gasteiger partial charge is 0.255 e. The van der Waals surface area contributed by atoms with Crippen molar-refractivity contribution < 1.29 is 14.3 Å². The van der Waals surface area contributed by atoms with Gasteiger partial charge in [-0.3, -0.25) is 14.6 Å². The van der Waals surface area contributed by atoms with Gasteiger partial charge in [0.05, 0.1) is 25.3 Å². The zero-order valence-corrected chi connectivity index (χ0v) is 15.4. The van der Waals surface area contributed by atoms with Crippen LogP contribution in [0.5, 0.6) is 0 Å². The maximum atomic E-state index is 12.6. The quantitative estimate of drug-likeness (QED) is 0.830. The second-order valence-electron chi connectivity index (χ2n) is 8.11. The number of hydrogen-bond donors (Lipinski definition) is 0. The first kappa shape index (κ1) is 17.5. The summed E-state index contributed by atoms with van der Waals surface area (Å²) in [7, 11) is 0. The predicted octanol–water partition coefficient (Wildman–Crippen LogP) is 2.02. The molecule has 1 spiro atoms. The van der Waals surface area contributed by atoms with Gasteiger partial charge in [0.25, 0.3) is 5.91 Å². The van der Waals surface area contributed by atoms with Crippen molar-refractivity contribution in [1.29, 1.82) is 0 Å². The van der Waals surface area contributed by atoms with Gasteiger partial charge in [-0.05, 0) is 44.2 Å². The molecule has 3 aliphatic heterocycles. The molecule has 2 amide bonds. The molecule has 1 aromatic rings. The summed E-state index contributed by atoms with van der Waals surface area (Å²) in [5.41, 5.74) is 1.47. The SMILES string of the molecule is Cc1cncc(C(=O)N2CC3(CC[C@@H](CN4CCCCC4=O)CO3)C2)c1. The Labute approximate surface area is 154 Å². The van der Waals surface area contributed by atoms with Crippen LogP contribution in [0.2, 0.25) is 0 Å². The van der Waals surface area contributed by atoms with Crippen LogP contribution in [0.4, 0.5) is 0 Å². The van der Waals surface area contributed by atoms with Crippen molar-refractivity contribution in [1.82, 2.24) is 14.8 Å². The summed E-state index contributed by atoms with van der Waals surface area (Å²) >= 11 is 0. The molecule has 0 N–H and O–H groups in total. The van der Waals surface area contributed by atoms with Crippen LogP contribution < -0.4 is 0 Å². The third-order valence-corrected chi connectivity index (χ3v) is 5.90. The standard InChI is InChI=1S/C20H27N3O3/c1-15-8-17(10-21-9-15)19(25)23-13-20(14-23)6-5-16(12-26-20)11-22-7-3-2-4-18(22)24/h8-10,16H,2-7,11-14H2,1H3/t16-/m0/s1. The van der Waals surface area contributed by atoms with Gasteiger partial charge >= 0.3 is 0 Å². The molecule has 0 radical (unpaired) electrons. The number of rotatable bonds is 3. The fraction of sp³-hybridized carbons (Fsp3) is 0.650. The number of piperidine rings is 1. The number of aromatic nitrogens is 1. The number of hydrogen-bond acceptors (Lipinski definition) is 4. The monoisotopic (exact) mass is 357 g/mol. The molecule has 0 saturated carbocycles. The van der Waals surface area contributed by atoms with Crippen molar-refractivity contribution in [3.05, 3.63) is 29.6 Å². The highest BCUT2D eigenvalue weighted by Crippen LogP contribution is 2.37.